The van der Waals surface area contributed by atoms with E-state index in [1.165, 1.54) is 5.56 Å². The van der Waals surface area contributed by atoms with Gasteiger partial charge in [-0.25, -0.2) is 5.06 Å². The number of carbonyl (C=O) groups is 1. The number of ether oxygens (including phenoxy) is 1. The fraction of sp³-hybridized carbons (Fsp3) is 0.706. The molecule has 3 fully saturated rings. The zero-order valence-corrected chi connectivity index (χ0v) is 14.2. The zero-order chi connectivity index (χ0) is 15.6. The van der Waals surface area contributed by atoms with Gasteiger partial charge in [-0.2, -0.15) is 11.3 Å². The summed E-state index contributed by atoms with van der Waals surface area (Å²) in [5.41, 5.74) is 1.39. The average molecular weight is 336 g/mol. The highest BCUT2D eigenvalue weighted by atomic mass is 32.1. The molecule has 0 aliphatic carbocycles. The van der Waals surface area contributed by atoms with Crippen LogP contribution in [0.4, 0.5) is 0 Å². The molecule has 0 aromatic carbocycles. The van der Waals surface area contributed by atoms with E-state index in [1.54, 1.807) is 16.4 Å². The van der Waals surface area contributed by atoms with Crippen molar-refractivity contribution in [3.8, 4) is 0 Å². The number of hydrogen-bond acceptors (Lipinski definition) is 5. The van der Waals surface area contributed by atoms with Crippen molar-refractivity contribution in [2.45, 2.75) is 44.4 Å². The van der Waals surface area contributed by atoms with Gasteiger partial charge < -0.3 is 4.74 Å². The van der Waals surface area contributed by atoms with Crippen LogP contribution in [0.25, 0.3) is 0 Å². The molecule has 126 valence electrons. The first kappa shape index (κ1) is 15.6. The number of amides is 1. The van der Waals surface area contributed by atoms with E-state index in [0.717, 1.165) is 45.4 Å². The molecule has 3 atom stereocenters. The normalized spacial score (nSPS) is 31.5. The Hall–Kier alpha value is -0.950. The minimum absolute atomic E-state index is 0.0753. The van der Waals surface area contributed by atoms with Gasteiger partial charge in [0.05, 0.1) is 25.2 Å². The van der Waals surface area contributed by atoms with Crippen LogP contribution in [0.3, 0.4) is 0 Å². The highest BCUT2D eigenvalue weighted by Gasteiger charge is 2.42. The Morgan fingerprint density at radius 2 is 2.30 bits per heavy atom. The van der Waals surface area contributed by atoms with Crippen molar-refractivity contribution < 1.29 is 14.4 Å². The first-order chi connectivity index (χ1) is 11.3. The van der Waals surface area contributed by atoms with Crippen molar-refractivity contribution in [1.82, 2.24) is 9.96 Å². The van der Waals surface area contributed by atoms with Gasteiger partial charge in [0, 0.05) is 32.1 Å². The molecule has 0 radical (unpaired) electrons. The molecule has 1 amide bonds. The molecule has 23 heavy (non-hydrogen) atoms. The second-order valence-corrected chi connectivity index (χ2v) is 7.64. The van der Waals surface area contributed by atoms with Crippen molar-refractivity contribution in [2.24, 2.45) is 5.92 Å². The lowest BCUT2D eigenvalue weighted by molar-refractivity contribution is -0.199. The number of hydrogen-bond donors (Lipinski definition) is 0. The highest BCUT2D eigenvalue weighted by molar-refractivity contribution is 7.07. The third-order valence-electron chi connectivity index (χ3n) is 5.06. The number of carbonyl (C=O) groups excluding carboxylic acids is 1. The summed E-state index contributed by atoms with van der Waals surface area (Å²) in [5.74, 6) is 0.665. The summed E-state index contributed by atoms with van der Waals surface area (Å²) >= 11 is 1.75. The van der Waals surface area contributed by atoms with Gasteiger partial charge >= 0.3 is 0 Å². The van der Waals surface area contributed by atoms with Crippen LogP contribution in [-0.4, -0.2) is 54.3 Å². The Morgan fingerprint density at radius 3 is 3.04 bits per heavy atom. The Morgan fingerprint density at radius 1 is 1.35 bits per heavy atom. The molecule has 1 aromatic heterocycles. The van der Waals surface area contributed by atoms with Gasteiger partial charge in [-0.15, -0.1) is 0 Å². The first-order valence-corrected chi connectivity index (χ1v) is 9.54. The van der Waals surface area contributed by atoms with Crippen molar-refractivity contribution in [2.75, 3.05) is 26.2 Å². The molecule has 0 unspecified atom stereocenters. The molecule has 4 rings (SSSR count). The van der Waals surface area contributed by atoms with E-state index in [0.29, 0.717) is 25.0 Å². The largest absolute Gasteiger partial charge is 0.373 e. The Kier molecular flexibility index (Phi) is 4.66. The van der Waals surface area contributed by atoms with Crippen LogP contribution in [0, 0.1) is 5.92 Å². The van der Waals surface area contributed by atoms with Crippen LogP contribution in [-0.2, 0) is 20.9 Å². The second-order valence-electron chi connectivity index (χ2n) is 6.86. The lowest BCUT2D eigenvalue weighted by Crippen LogP contribution is -2.37. The molecule has 0 spiro atoms. The average Bonchev–Trinajstić information content (AvgIpc) is 3.25. The van der Waals surface area contributed by atoms with Crippen molar-refractivity contribution >= 4 is 17.2 Å². The summed E-state index contributed by atoms with van der Waals surface area (Å²) in [6.07, 6.45) is 3.94. The van der Waals surface area contributed by atoms with E-state index in [2.05, 4.69) is 21.7 Å². The summed E-state index contributed by atoms with van der Waals surface area (Å²) in [5, 5.41) is 5.89. The van der Waals surface area contributed by atoms with E-state index in [9.17, 15) is 4.79 Å². The summed E-state index contributed by atoms with van der Waals surface area (Å²) < 4.78 is 6.15. The standard InChI is InChI=1S/C17H24N2O3S/c20-17(19-4-1-2-5-21-19)8-15-7-14-10-18(11-16(14)22-15)9-13-3-6-23-12-13/h3,6,12,14-16H,1-2,4-5,7-11H2/t14-,15-,16+/m0/s1. The number of rotatable bonds is 4. The Balaban J connectivity index is 1.24. The number of hydroxylamine groups is 2. The van der Waals surface area contributed by atoms with Crippen LogP contribution in [0.15, 0.2) is 16.8 Å². The van der Waals surface area contributed by atoms with Crippen molar-refractivity contribution in [1.29, 1.82) is 0 Å². The van der Waals surface area contributed by atoms with Crippen LogP contribution < -0.4 is 0 Å². The summed E-state index contributed by atoms with van der Waals surface area (Å²) in [6, 6.07) is 2.19. The van der Waals surface area contributed by atoms with E-state index >= 15 is 0 Å². The predicted molar refractivity (Wildman–Crippen MR) is 87.9 cm³/mol. The molecule has 0 saturated carbocycles. The van der Waals surface area contributed by atoms with E-state index in [1.807, 2.05) is 0 Å². The minimum atomic E-state index is 0.0753. The quantitative estimate of drug-likeness (QED) is 0.846. The van der Waals surface area contributed by atoms with Crippen LogP contribution >= 0.6 is 11.3 Å². The van der Waals surface area contributed by atoms with Crippen LogP contribution in [0.5, 0.6) is 0 Å². The van der Waals surface area contributed by atoms with E-state index in [4.69, 9.17) is 9.57 Å². The lowest BCUT2D eigenvalue weighted by atomic mass is 10.0. The van der Waals surface area contributed by atoms with Gasteiger partial charge in [-0.05, 0) is 41.7 Å². The van der Waals surface area contributed by atoms with Gasteiger partial charge in [-0.1, -0.05) is 0 Å². The maximum Gasteiger partial charge on any atom is 0.248 e. The maximum absolute atomic E-state index is 12.3. The molecule has 0 bridgehead atoms. The van der Waals surface area contributed by atoms with Gasteiger partial charge in [0.2, 0.25) is 5.91 Å². The predicted octanol–water partition coefficient (Wildman–Crippen LogP) is 2.28. The topological polar surface area (TPSA) is 42.0 Å². The van der Waals surface area contributed by atoms with E-state index in [-0.39, 0.29) is 12.0 Å². The third-order valence-corrected chi connectivity index (χ3v) is 5.79. The van der Waals surface area contributed by atoms with Gasteiger partial charge in [0.25, 0.3) is 0 Å². The molecule has 1 aromatic rings. The monoisotopic (exact) mass is 336 g/mol. The molecular weight excluding hydrogens is 312 g/mol. The number of fused-ring (bicyclic) bond motifs is 1. The Bertz CT molecular complexity index is 516. The molecule has 5 nitrogen and oxygen atoms in total. The maximum atomic E-state index is 12.3. The molecular formula is C17H24N2O3S. The molecule has 3 aliphatic heterocycles. The van der Waals surface area contributed by atoms with Crippen molar-refractivity contribution in [3.63, 3.8) is 0 Å². The fourth-order valence-electron chi connectivity index (χ4n) is 3.94. The second kappa shape index (κ2) is 6.89. The van der Waals surface area contributed by atoms with Gasteiger partial charge in [-0.3, -0.25) is 14.5 Å². The van der Waals surface area contributed by atoms with E-state index < -0.39 is 0 Å². The smallest absolute Gasteiger partial charge is 0.248 e. The number of thiophene rings is 1. The highest BCUT2D eigenvalue weighted by Crippen LogP contribution is 2.35. The zero-order valence-electron chi connectivity index (χ0n) is 13.4. The van der Waals surface area contributed by atoms with Crippen LogP contribution in [0.1, 0.15) is 31.2 Å². The third kappa shape index (κ3) is 3.60. The first-order valence-electron chi connectivity index (χ1n) is 8.60. The fourth-order valence-corrected chi connectivity index (χ4v) is 4.60. The van der Waals surface area contributed by atoms with Gasteiger partial charge in [0.15, 0.2) is 0 Å². The Labute approximate surface area is 141 Å². The van der Waals surface area contributed by atoms with Crippen LogP contribution in [0.2, 0.25) is 0 Å². The summed E-state index contributed by atoms with van der Waals surface area (Å²) in [6.45, 7) is 4.49. The molecule has 6 heteroatoms. The number of nitrogens with zero attached hydrogens (tertiary/aromatic N) is 2. The molecule has 3 aliphatic rings. The van der Waals surface area contributed by atoms with Gasteiger partial charge in [0.1, 0.15) is 0 Å². The summed E-state index contributed by atoms with van der Waals surface area (Å²) in [4.78, 5) is 20.2. The molecule has 4 heterocycles. The number of likely N-dealkylation sites (tertiary alicyclic amines) is 1. The summed E-state index contributed by atoms with van der Waals surface area (Å²) in [7, 11) is 0. The SMILES string of the molecule is O=C(C[C@@H]1C[C@H]2CN(Cc3ccsc3)C[C@H]2O1)N1CCCCO1. The molecule has 3 saturated heterocycles. The molecule has 0 N–H and O–H groups in total. The minimum Gasteiger partial charge on any atom is -0.373 e. The lowest BCUT2D eigenvalue weighted by Gasteiger charge is -2.27. The van der Waals surface area contributed by atoms with Crippen molar-refractivity contribution in [3.05, 3.63) is 22.4 Å².